The first-order valence-electron chi connectivity index (χ1n) is 43.3. The molecule has 0 spiro atoms. The largest absolute Gasteiger partial charge is 0.466 e. The van der Waals surface area contributed by atoms with E-state index in [9.17, 15) is 0 Å². The van der Waals surface area contributed by atoms with Gasteiger partial charge < -0.3 is 17.7 Å². The van der Waals surface area contributed by atoms with Crippen molar-refractivity contribution in [2.75, 3.05) is 0 Å². The molecule has 8 heterocycles. The minimum absolute atomic E-state index is 0.164. The van der Waals surface area contributed by atoms with Gasteiger partial charge in [-0.05, 0) is 178 Å². The number of para-hydroxylation sites is 1. The second-order valence-corrected chi connectivity index (χ2v) is 28.3. The molecule has 0 fully saturated rings. The zero-order valence-electron chi connectivity index (χ0n) is 80.4. The van der Waals surface area contributed by atoms with Crippen LogP contribution in [0.3, 0.4) is 0 Å². The molecule has 12 heteroatoms. The summed E-state index contributed by atoms with van der Waals surface area (Å²) in [5, 5.41) is 7.02. The maximum absolute atomic E-state index is 8.87. The van der Waals surface area contributed by atoms with Gasteiger partial charge in [-0.3, -0.25) is 0 Å². The molecule has 536 valence electrons. The van der Waals surface area contributed by atoms with E-state index in [1.54, 1.807) is 120 Å². The van der Waals surface area contributed by atoms with Crippen molar-refractivity contribution >= 4 is 111 Å². The molecule has 0 saturated carbocycles. The topological polar surface area (TPSA) is 85.5 Å². The van der Waals surface area contributed by atoms with Gasteiger partial charge in [-0.25, -0.2) is 19.4 Å². The van der Waals surface area contributed by atoms with Crippen molar-refractivity contribution in [3.63, 3.8) is 0 Å². The van der Waals surface area contributed by atoms with E-state index in [1.165, 1.54) is 0 Å². The number of aryl methyl sites for hydroxylation is 8. The molecule has 0 amide bonds. The van der Waals surface area contributed by atoms with Gasteiger partial charge in [0.15, 0.2) is 22.8 Å². The molecule has 16 rings (SSSR count). The van der Waals surface area contributed by atoms with E-state index in [0.717, 1.165) is 110 Å². The fourth-order valence-electron chi connectivity index (χ4n) is 15.0. The first-order valence-corrected chi connectivity index (χ1v) is 35.3. The van der Waals surface area contributed by atoms with Crippen LogP contribution in [0.2, 0.25) is 0 Å². The number of furan rings is 4. The molecule has 8 aromatic carbocycles. The minimum atomic E-state index is -2.30. The molecule has 0 radical (unpaired) electrons. The van der Waals surface area contributed by atoms with Gasteiger partial charge in [0.1, 0.15) is 72.9 Å². The summed E-state index contributed by atoms with van der Waals surface area (Å²) < 4.78 is 163. The quantitative estimate of drug-likeness (QED) is 0.130. The molecule has 0 unspecified atom stereocenters. The second kappa shape index (κ2) is 28.1. The molecule has 0 atom stereocenters. The molecule has 108 heavy (non-hydrogen) atoms. The SMILES string of the molecule is [2H]c1c(C)c(C([2H])([2H])[2H])c(C)[n+](C)c1-c1c(C)cc(C)c2c1oc1c([N+]#[C-])cccc12.[2H]c1c(C)c(C([2H])([2H])[2H])c(C)[n+](C)c1-c1c(C)ccc2c1oc1c([N+]#[C-])c(C)ccc12.[2H]c1c(C)c(C([2H])([2H])[2H])c(C)[n+](C)c1-c1c(C)ccc2c1oc1c([N+]#[C-])cc(C)cc12.[2H]c1c(C)c(C([2H])([2H])[2H])c(C)[n+](C)c1-c1c(C)ccc2c1oc1c([N+]#[C-])ccc(C)c12. The van der Waals surface area contributed by atoms with Crippen LogP contribution in [0.1, 0.15) is 134 Å². The first-order chi connectivity index (χ1) is 57.9. The lowest BCUT2D eigenvalue weighted by Crippen LogP contribution is -2.36. The fraction of sp³-hybridized carbons (Fsp3) is 0.250. The average molecular weight is 1440 g/mol. The number of aromatic nitrogens is 4. The third-order valence-electron chi connectivity index (χ3n) is 21.5. The molecule has 16 aromatic rings. The summed E-state index contributed by atoms with van der Waals surface area (Å²) in [6, 6.07) is 31.5. The Morgan fingerprint density at radius 3 is 1.10 bits per heavy atom. The van der Waals surface area contributed by atoms with Crippen LogP contribution in [0, 0.1) is 164 Å². The Hall–Kier alpha value is -12.5. The Morgan fingerprint density at radius 2 is 0.648 bits per heavy atom. The van der Waals surface area contributed by atoms with Crippen LogP contribution >= 0.6 is 0 Å². The van der Waals surface area contributed by atoms with E-state index in [2.05, 4.69) is 25.4 Å². The van der Waals surface area contributed by atoms with Crippen LogP contribution < -0.4 is 18.3 Å². The van der Waals surface area contributed by atoms with Gasteiger partial charge in [0, 0.05) is 134 Å². The van der Waals surface area contributed by atoms with E-state index < -0.39 is 27.4 Å². The predicted octanol–water partition coefficient (Wildman–Crippen LogP) is 24.7. The lowest BCUT2D eigenvalue weighted by molar-refractivity contribution is -0.667. The van der Waals surface area contributed by atoms with Crippen molar-refractivity contribution in [3.05, 3.63) is 279 Å². The van der Waals surface area contributed by atoms with Crippen LogP contribution in [0.25, 0.3) is 152 Å². The summed E-state index contributed by atoms with van der Waals surface area (Å²) in [6.07, 6.45) is 0. The van der Waals surface area contributed by atoms with Crippen molar-refractivity contribution in [1.29, 1.82) is 0 Å². The molecular formula is C96H92N8O4+4. The van der Waals surface area contributed by atoms with E-state index in [4.69, 9.17) is 65.9 Å². The maximum Gasteiger partial charge on any atom is 0.232 e. The number of rotatable bonds is 4. The summed E-state index contributed by atoms with van der Waals surface area (Å²) in [7, 11) is 7.14. The Kier molecular flexibility index (Phi) is 14.6. The number of nitrogens with zero attached hydrogens (tertiary/aromatic N) is 8. The second-order valence-electron chi connectivity index (χ2n) is 28.3. The molecule has 0 aliphatic rings. The number of pyridine rings is 4. The van der Waals surface area contributed by atoms with Gasteiger partial charge in [0.2, 0.25) is 45.5 Å². The standard InChI is InChI=1S/4C24H23N2O/c1-13-9-11-19(25-6)24-21(13)18-10-8-14(2)22(23(18)27-24)20-12-15(3)16(4)17(5)26(20)7;1-13-8-10-18-19-11-9-14(2)22(25-6)24(19)27-23(18)21(13)20-12-15(3)16(4)17(5)26(20)7;1-13-10-19-18-9-8-14(2)22(24(18)27-23(19)20(11-13)25-6)21-12-15(3)16(4)17(5)26(21)7;1-13-12-20(26(7)17(5)16(13)4)22-15(3)11-14(2)21-18-9-8-10-19(25-6)23(18)27-24(21)22/h4*8-12H,1-5,7H3/q4*+1/i4*4D3,12D. The van der Waals surface area contributed by atoms with Gasteiger partial charge in [-0.15, -0.1) is 0 Å². The number of hydrogen-bond donors (Lipinski definition) is 0. The lowest BCUT2D eigenvalue weighted by atomic mass is 9.95. The third-order valence-corrected chi connectivity index (χ3v) is 21.5. The summed E-state index contributed by atoms with van der Waals surface area (Å²) in [5.74, 6) is 0. The Bertz CT molecular complexity index is 7310. The predicted molar refractivity (Wildman–Crippen MR) is 441 cm³/mol. The van der Waals surface area contributed by atoms with Gasteiger partial charge in [0.25, 0.3) is 0 Å². The van der Waals surface area contributed by atoms with Gasteiger partial charge in [0.05, 0.1) is 54.0 Å². The molecule has 12 nitrogen and oxygen atoms in total. The lowest BCUT2D eigenvalue weighted by Gasteiger charge is -2.11. The van der Waals surface area contributed by atoms with E-state index >= 15 is 0 Å². The maximum atomic E-state index is 8.87. The summed E-state index contributed by atoms with van der Waals surface area (Å²) in [4.78, 5) is 14.5. The molecule has 0 aliphatic heterocycles. The normalized spacial score (nSPS) is 13.9. The van der Waals surface area contributed by atoms with Crippen molar-refractivity contribution in [2.45, 2.75) is 138 Å². The highest BCUT2D eigenvalue weighted by molar-refractivity contribution is 6.17. The van der Waals surface area contributed by atoms with Gasteiger partial charge in [-0.1, -0.05) is 96.6 Å². The summed E-state index contributed by atoms with van der Waals surface area (Å²) in [5.41, 5.74) is 24.3. The first kappa shape index (κ1) is 55.9. The summed E-state index contributed by atoms with van der Waals surface area (Å²) in [6.45, 7) is 50.4. The smallest absolute Gasteiger partial charge is 0.232 e. The van der Waals surface area contributed by atoms with Crippen molar-refractivity contribution in [3.8, 4) is 45.0 Å². The monoisotopic (exact) mass is 1440 g/mol. The molecular weight excluding hydrogens is 1330 g/mol. The Morgan fingerprint density at radius 1 is 0.296 bits per heavy atom. The van der Waals surface area contributed by atoms with Crippen molar-refractivity contribution < 1.29 is 57.9 Å². The molecule has 0 bridgehead atoms. The highest BCUT2D eigenvalue weighted by Gasteiger charge is 2.31. The molecule has 0 N–H and O–H groups in total. The highest BCUT2D eigenvalue weighted by Crippen LogP contribution is 2.47. The Balaban J connectivity index is 0.000000142. The van der Waals surface area contributed by atoms with Gasteiger partial charge >= 0.3 is 0 Å². The molecule has 8 aromatic heterocycles. The van der Waals surface area contributed by atoms with Crippen LogP contribution in [0.15, 0.2) is 139 Å². The molecule has 0 aliphatic carbocycles. The van der Waals surface area contributed by atoms with E-state index in [1.807, 2.05) is 128 Å². The van der Waals surface area contributed by atoms with E-state index in [-0.39, 0.29) is 46.4 Å². The molecule has 0 saturated heterocycles. The zero-order chi connectivity index (χ0) is 91.3. The number of benzene rings is 8. The summed E-state index contributed by atoms with van der Waals surface area (Å²) >= 11 is 0. The van der Waals surface area contributed by atoms with E-state index in [0.29, 0.717) is 135 Å². The van der Waals surface area contributed by atoms with Crippen LogP contribution in [-0.4, -0.2) is 0 Å². The minimum Gasteiger partial charge on any atom is -0.466 e. The average Bonchev–Trinajstić information content (AvgIpc) is 1.49. The van der Waals surface area contributed by atoms with Gasteiger partial charge in [-0.2, -0.15) is 18.3 Å². The zero-order valence-corrected chi connectivity index (χ0v) is 64.4. The van der Waals surface area contributed by atoms with Crippen molar-refractivity contribution in [1.82, 2.24) is 0 Å². The van der Waals surface area contributed by atoms with Crippen LogP contribution in [0.4, 0.5) is 22.7 Å². The fourth-order valence-corrected chi connectivity index (χ4v) is 15.0. The number of hydrogen-bond acceptors (Lipinski definition) is 4. The van der Waals surface area contributed by atoms with Crippen molar-refractivity contribution in [2.24, 2.45) is 28.2 Å². The highest BCUT2D eigenvalue weighted by atomic mass is 16.3. The van der Waals surface area contributed by atoms with Crippen LogP contribution in [0.5, 0.6) is 0 Å². The Labute approximate surface area is 655 Å². The number of fused-ring (bicyclic) bond motifs is 12. The van der Waals surface area contributed by atoms with Crippen LogP contribution in [-0.2, 0) is 28.2 Å². The third kappa shape index (κ3) is 12.0.